The third-order valence-electron chi connectivity index (χ3n) is 5.14. The number of aliphatic carboxylic acids is 1. The van der Waals surface area contributed by atoms with Gasteiger partial charge < -0.3 is 32.1 Å². The molecule has 7 N–H and O–H groups in total. The van der Waals surface area contributed by atoms with E-state index in [0.29, 0.717) is 45.2 Å². The summed E-state index contributed by atoms with van der Waals surface area (Å²) in [6.07, 6.45) is 3.02. The van der Waals surface area contributed by atoms with Gasteiger partial charge in [0, 0.05) is 6.54 Å². The molecule has 0 saturated carbocycles. The van der Waals surface area contributed by atoms with Crippen molar-refractivity contribution >= 4 is 23.7 Å². The van der Waals surface area contributed by atoms with Crippen molar-refractivity contribution < 1.29 is 24.3 Å². The first-order valence-corrected chi connectivity index (χ1v) is 10.7. The predicted molar refractivity (Wildman–Crippen MR) is 112 cm³/mol. The average molecular weight is 428 g/mol. The van der Waals surface area contributed by atoms with Crippen molar-refractivity contribution in [2.75, 3.05) is 13.1 Å². The number of carbonyl (C=O) groups is 4. The molecule has 30 heavy (non-hydrogen) atoms. The van der Waals surface area contributed by atoms with Gasteiger partial charge in [-0.05, 0) is 57.9 Å². The molecule has 0 aliphatic carbocycles. The lowest BCUT2D eigenvalue weighted by atomic mass is 10.0. The SMILES string of the molecule is CC(C)CC(NC(=O)C(C)N)C(=O)N1CCCC1C(=O)NC(CCCCN)C(=O)O. The lowest BCUT2D eigenvalue weighted by Crippen LogP contribution is -2.56. The first kappa shape index (κ1) is 25.8. The Morgan fingerprint density at radius 2 is 1.77 bits per heavy atom. The van der Waals surface area contributed by atoms with E-state index in [4.69, 9.17) is 11.5 Å². The van der Waals surface area contributed by atoms with Gasteiger partial charge in [0.25, 0.3) is 0 Å². The fourth-order valence-electron chi connectivity index (χ4n) is 3.52. The molecule has 0 aromatic carbocycles. The third-order valence-corrected chi connectivity index (χ3v) is 5.14. The van der Waals surface area contributed by atoms with Gasteiger partial charge in [-0.3, -0.25) is 14.4 Å². The number of rotatable bonds is 12. The van der Waals surface area contributed by atoms with Gasteiger partial charge in [0.15, 0.2) is 0 Å². The molecule has 1 aliphatic rings. The van der Waals surface area contributed by atoms with Crippen LogP contribution in [0.4, 0.5) is 0 Å². The fraction of sp³-hybridized carbons (Fsp3) is 0.800. The van der Waals surface area contributed by atoms with Gasteiger partial charge in [0.2, 0.25) is 17.7 Å². The minimum Gasteiger partial charge on any atom is -0.480 e. The highest BCUT2D eigenvalue weighted by molar-refractivity contribution is 5.94. The van der Waals surface area contributed by atoms with E-state index in [1.165, 1.54) is 11.8 Å². The van der Waals surface area contributed by atoms with Crippen molar-refractivity contribution in [3.63, 3.8) is 0 Å². The highest BCUT2D eigenvalue weighted by atomic mass is 16.4. The maximum absolute atomic E-state index is 13.1. The number of nitrogens with one attached hydrogen (secondary N) is 2. The van der Waals surface area contributed by atoms with E-state index in [1.54, 1.807) is 0 Å². The standard InChI is InChI=1S/C20H37N5O5/c1-12(2)11-15(24-17(26)13(3)22)19(28)25-10-6-8-16(25)18(27)23-14(20(29)30)7-4-5-9-21/h12-16H,4-11,21-22H2,1-3H3,(H,23,27)(H,24,26)(H,29,30). The average Bonchev–Trinajstić information content (AvgIpc) is 3.15. The number of amides is 3. The molecule has 10 heteroatoms. The van der Waals surface area contributed by atoms with E-state index in [-0.39, 0.29) is 18.2 Å². The quantitative estimate of drug-likeness (QED) is 0.263. The zero-order valence-corrected chi connectivity index (χ0v) is 18.2. The van der Waals surface area contributed by atoms with Crippen LogP contribution in [0.5, 0.6) is 0 Å². The van der Waals surface area contributed by atoms with Crippen LogP contribution < -0.4 is 22.1 Å². The summed E-state index contributed by atoms with van der Waals surface area (Å²) in [5.74, 6) is -2.23. The van der Waals surface area contributed by atoms with E-state index in [0.717, 1.165) is 0 Å². The molecule has 172 valence electrons. The fourth-order valence-corrected chi connectivity index (χ4v) is 3.52. The Morgan fingerprint density at radius 1 is 1.10 bits per heavy atom. The summed E-state index contributed by atoms with van der Waals surface area (Å²) in [4.78, 5) is 50.9. The summed E-state index contributed by atoms with van der Waals surface area (Å²) < 4.78 is 0. The van der Waals surface area contributed by atoms with Gasteiger partial charge in [-0.25, -0.2) is 4.79 Å². The molecular weight excluding hydrogens is 390 g/mol. The largest absolute Gasteiger partial charge is 0.480 e. The zero-order chi connectivity index (χ0) is 22.8. The van der Waals surface area contributed by atoms with Gasteiger partial charge in [-0.15, -0.1) is 0 Å². The van der Waals surface area contributed by atoms with Gasteiger partial charge in [0.1, 0.15) is 18.1 Å². The van der Waals surface area contributed by atoms with Crippen LogP contribution in [0.25, 0.3) is 0 Å². The molecule has 0 spiro atoms. The second-order valence-electron chi connectivity index (χ2n) is 8.35. The van der Waals surface area contributed by atoms with Crippen molar-refractivity contribution in [3.05, 3.63) is 0 Å². The van der Waals surface area contributed by atoms with Crippen LogP contribution in [0, 0.1) is 5.92 Å². The van der Waals surface area contributed by atoms with Gasteiger partial charge in [-0.1, -0.05) is 13.8 Å². The maximum Gasteiger partial charge on any atom is 0.326 e. The van der Waals surface area contributed by atoms with Crippen molar-refractivity contribution in [1.29, 1.82) is 0 Å². The molecule has 0 bridgehead atoms. The third kappa shape index (κ3) is 7.91. The summed E-state index contributed by atoms with van der Waals surface area (Å²) in [6.45, 7) is 6.24. The lowest BCUT2D eigenvalue weighted by Gasteiger charge is -2.30. The Bertz CT molecular complexity index is 610. The molecule has 0 radical (unpaired) electrons. The molecule has 4 atom stereocenters. The molecule has 3 amide bonds. The summed E-state index contributed by atoms with van der Waals surface area (Å²) in [6, 6.07) is -3.31. The molecule has 1 rings (SSSR count). The Labute approximate surface area is 178 Å². The summed E-state index contributed by atoms with van der Waals surface area (Å²) in [7, 11) is 0. The van der Waals surface area contributed by atoms with E-state index >= 15 is 0 Å². The number of carboxylic acid groups (broad SMARTS) is 1. The normalized spacial score (nSPS) is 19.3. The first-order chi connectivity index (χ1) is 14.1. The van der Waals surface area contributed by atoms with Crippen molar-refractivity contribution in [2.45, 2.75) is 83.5 Å². The Kier molecular flexibility index (Phi) is 10.8. The van der Waals surface area contributed by atoms with Crippen LogP contribution in [0.2, 0.25) is 0 Å². The molecule has 0 aromatic rings. The lowest BCUT2D eigenvalue weighted by molar-refractivity contribution is -0.145. The van der Waals surface area contributed by atoms with Crippen LogP contribution in [-0.2, 0) is 19.2 Å². The Morgan fingerprint density at radius 3 is 2.30 bits per heavy atom. The molecule has 0 aromatic heterocycles. The summed E-state index contributed by atoms with van der Waals surface area (Å²) in [5, 5.41) is 14.6. The van der Waals surface area contributed by atoms with Crippen molar-refractivity contribution in [3.8, 4) is 0 Å². The van der Waals surface area contributed by atoms with Gasteiger partial charge in [-0.2, -0.15) is 0 Å². The van der Waals surface area contributed by atoms with E-state index in [1.807, 2.05) is 13.8 Å². The minimum atomic E-state index is -1.11. The van der Waals surface area contributed by atoms with Crippen LogP contribution in [0.3, 0.4) is 0 Å². The highest BCUT2D eigenvalue weighted by Gasteiger charge is 2.39. The number of nitrogens with zero attached hydrogens (tertiary/aromatic N) is 1. The number of hydrogen-bond acceptors (Lipinski definition) is 6. The monoisotopic (exact) mass is 427 g/mol. The number of carbonyl (C=O) groups excluding carboxylic acids is 3. The summed E-state index contributed by atoms with van der Waals surface area (Å²) in [5.41, 5.74) is 11.1. The molecule has 10 nitrogen and oxygen atoms in total. The van der Waals surface area contributed by atoms with Crippen molar-refractivity contribution in [2.24, 2.45) is 17.4 Å². The van der Waals surface area contributed by atoms with E-state index in [2.05, 4.69) is 10.6 Å². The number of likely N-dealkylation sites (tertiary alicyclic amines) is 1. The summed E-state index contributed by atoms with van der Waals surface area (Å²) >= 11 is 0. The van der Waals surface area contributed by atoms with Crippen LogP contribution in [-0.4, -0.2) is 71.0 Å². The number of carboxylic acids is 1. The maximum atomic E-state index is 13.1. The molecule has 1 saturated heterocycles. The number of nitrogens with two attached hydrogens (primary N) is 2. The van der Waals surface area contributed by atoms with E-state index < -0.39 is 42.0 Å². The molecule has 1 heterocycles. The Hall–Kier alpha value is -2.20. The van der Waals surface area contributed by atoms with Crippen molar-refractivity contribution in [1.82, 2.24) is 15.5 Å². The number of hydrogen-bond donors (Lipinski definition) is 5. The molecule has 1 aliphatic heterocycles. The molecular formula is C20H37N5O5. The highest BCUT2D eigenvalue weighted by Crippen LogP contribution is 2.21. The minimum absolute atomic E-state index is 0.140. The predicted octanol–water partition coefficient (Wildman–Crippen LogP) is -0.446. The van der Waals surface area contributed by atoms with Gasteiger partial charge >= 0.3 is 5.97 Å². The topological polar surface area (TPSA) is 168 Å². The first-order valence-electron chi connectivity index (χ1n) is 10.7. The van der Waals surface area contributed by atoms with Crippen LogP contribution in [0.15, 0.2) is 0 Å². The van der Waals surface area contributed by atoms with Gasteiger partial charge in [0.05, 0.1) is 6.04 Å². The second kappa shape index (κ2) is 12.5. The molecule has 4 unspecified atom stereocenters. The molecule has 1 fully saturated rings. The van der Waals surface area contributed by atoms with Crippen LogP contribution in [0.1, 0.15) is 59.3 Å². The number of unbranched alkanes of at least 4 members (excludes halogenated alkanes) is 1. The smallest absolute Gasteiger partial charge is 0.326 e. The van der Waals surface area contributed by atoms with E-state index in [9.17, 15) is 24.3 Å². The zero-order valence-electron chi connectivity index (χ0n) is 18.2. The van der Waals surface area contributed by atoms with Crippen LogP contribution >= 0.6 is 0 Å². The Balaban J connectivity index is 2.87. The second-order valence-corrected chi connectivity index (χ2v) is 8.35.